The number of nitrogens with one attached hydrogen (secondary N) is 1. The van der Waals surface area contributed by atoms with Crippen molar-refractivity contribution in [2.45, 2.75) is 6.42 Å². The maximum absolute atomic E-state index is 11.9. The number of carbonyl (C=O) groups excluding carboxylic acids is 2. The van der Waals surface area contributed by atoms with E-state index in [0.29, 0.717) is 24.4 Å². The van der Waals surface area contributed by atoms with Crippen molar-refractivity contribution in [3.63, 3.8) is 0 Å². The Balaban J connectivity index is 1.98. The molecule has 21 heavy (non-hydrogen) atoms. The second-order valence-electron chi connectivity index (χ2n) is 5.37. The van der Waals surface area contributed by atoms with Crippen LogP contribution in [0.15, 0.2) is 18.2 Å². The van der Waals surface area contributed by atoms with Crippen molar-refractivity contribution in [1.29, 1.82) is 0 Å². The first kappa shape index (κ1) is 15.3. The van der Waals surface area contributed by atoms with Crippen LogP contribution >= 0.6 is 0 Å². The molecule has 0 fully saturated rings. The van der Waals surface area contributed by atoms with Crippen molar-refractivity contribution in [3.05, 3.63) is 23.8 Å². The second-order valence-corrected chi connectivity index (χ2v) is 5.37. The lowest BCUT2D eigenvalue weighted by molar-refractivity contribution is -0.121. The summed E-state index contributed by atoms with van der Waals surface area (Å²) in [6.07, 6.45) is 0.294. The van der Waals surface area contributed by atoms with Crippen LogP contribution in [0.4, 0.5) is 5.69 Å². The zero-order valence-electron chi connectivity index (χ0n) is 12.7. The lowest BCUT2D eigenvalue weighted by Crippen LogP contribution is -2.35. The van der Waals surface area contributed by atoms with Gasteiger partial charge in [-0.05, 0) is 31.8 Å². The zero-order chi connectivity index (χ0) is 15.4. The normalized spacial score (nSPS) is 13.9. The van der Waals surface area contributed by atoms with E-state index in [0.717, 1.165) is 12.1 Å². The highest BCUT2D eigenvalue weighted by atomic mass is 16.5. The number of nitrogens with zero attached hydrogens (tertiary/aromatic N) is 2. The van der Waals surface area contributed by atoms with Crippen LogP contribution in [0.25, 0.3) is 0 Å². The van der Waals surface area contributed by atoms with Crippen LogP contribution in [-0.4, -0.2) is 57.6 Å². The van der Waals surface area contributed by atoms with Crippen LogP contribution in [0.2, 0.25) is 0 Å². The summed E-state index contributed by atoms with van der Waals surface area (Å²) in [5, 5.41) is 2.87. The highest BCUT2D eigenvalue weighted by Crippen LogP contribution is 2.31. The lowest BCUT2D eigenvalue weighted by atomic mass is 10.1. The van der Waals surface area contributed by atoms with Gasteiger partial charge in [0.1, 0.15) is 5.75 Å². The van der Waals surface area contributed by atoms with Crippen LogP contribution < -0.4 is 15.0 Å². The van der Waals surface area contributed by atoms with E-state index in [1.165, 1.54) is 0 Å². The first-order valence-electron chi connectivity index (χ1n) is 6.91. The molecule has 0 spiro atoms. The molecule has 0 aliphatic carbocycles. The SMILES string of the molecule is CN(C)CCNC(=O)Cc1ccc2c(c1)N(C)C(=O)CO2. The largest absolute Gasteiger partial charge is 0.482 e. The van der Waals surface area contributed by atoms with E-state index in [2.05, 4.69) is 5.32 Å². The third-order valence-corrected chi connectivity index (χ3v) is 3.36. The minimum Gasteiger partial charge on any atom is -0.482 e. The molecule has 1 heterocycles. The number of fused-ring (bicyclic) bond motifs is 1. The van der Waals surface area contributed by atoms with E-state index in [4.69, 9.17) is 4.74 Å². The van der Waals surface area contributed by atoms with Gasteiger partial charge in [-0.25, -0.2) is 0 Å². The van der Waals surface area contributed by atoms with Crippen LogP contribution in [0.1, 0.15) is 5.56 Å². The van der Waals surface area contributed by atoms with Gasteiger partial charge >= 0.3 is 0 Å². The summed E-state index contributed by atoms with van der Waals surface area (Å²) in [5.74, 6) is 0.562. The van der Waals surface area contributed by atoms with Crippen LogP contribution in [0.3, 0.4) is 0 Å². The molecule has 1 aromatic carbocycles. The van der Waals surface area contributed by atoms with E-state index in [-0.39, 0.29) is 18.4 Å². The van der Waals surface area contributed by atoms with Crippen molar-refractivity contribution in [2.75, 3.05) is 45.7 Å². The first-order valence-corrected chi connectivity index (χ1v) is 6.91. The minimum absolute atomic E-state index is 0.0255. The van der Waals surface area contributed by atoms with Gasteiger partial charge in [-0.1, -0.05) is 6.07 Å². The Hall–Kier alpha value is -2.08. The van der Waals surface area contributed by atoms with Crippen molar-refractivity contribution in [3.8, 4) is 5.75 Å². The number of hydrogen-bond acceptors (Lipinski definition) is 4. The standard InChI is InChI=1S/C15H21N3O3/c1-17(2)7-6-16-14(19)9-11-4-5-13-12(8-11)18(3)15(20)10-21-13/h4-5,8H,6-7,9-10H2,1-3H3,(H,16,19). The summed E-state index contributed by atoms with van der Waals surface area (Å²) < 4.78 is 5.36. The number of likely N-dealkylation sites (N-methyl/N-ethyl adjacent to an activating group) is 2. The molecule has 1 N–H and O–H groups in total. The number of carbonyl (C=O) groups is 2. The number of ether oxygens (including phenoxy) is 1. The van der Waals surface area contributed by atoms with Crippen molar-refractivity contribution in [2.24, 2.45) is 0 Å². The Morgan fingerprint density at radius 2 is 2.19 bits per heavy atom. The van der Waals surface area contributed by atoms with Gasteiger partial charge in [0.15, 0.2) is 6.61 Å². The number of benzene rings is 1. The second kappa shape index (κ2) is 6.58. The number of anilines is 1. The molecule has 2 rings (SSSR count). The molecule has 0 atom stereocenters. The van der Waals surface area contributed by atoms with Gasteiger partial charge < -0.3 is 19.9 Å². The average molecular weight is 291 g/mol. The topological polar surface area (TPSA) is 61.9 Å². The number of hydrogen-bond donors (Lipinski definition) is 1. The molecule has 6 nitrogen and oxygen atoms in total. The molecule has 0 saturated heterocycles. The lowest BCUT2D eigenvalue weighted by Gasteiger charge is -2.26. The average Bonchev–Trinajstić information content (AvgIpc) is 2.43. The fourth-order valence-corrected chi connectivity index (χ4v) is 2.09. The summed E-state index contributed by atoms with van der Waals surface area (Å²) in [5.41, 5.74) is 1.58. The molecule has 6 heteroatoms. The number of rotatable bonds is 5. The molecule has 114 valence electrons. The van der Waals surface area contributed by atoms with Gasteiger partial charge in [0.2, 0.25) is 5.91 Å². The van der Waals surface area contributed by atoms with Gasteiger partial charge in [-0.15, -0.1) is 0 Å². The molecule has 0 unspecified atom stereocenters. The monoisotopic (exact) mass is 291 g/mol. The van der Waals surface area contributed by atoms with E-state index in [1.54, 1.807) is 18.0 Å². The van der Waals surface area contributed by atoms with E-state index in [9.17, 15) is 9.59 Å². The Labute approximate surface area is 124 Å². The number of amides is 2. The predicted octanol–water partition coefficient (Wildman–Crippen LogP) is 0.262. The molecule has 0 aromatic heterocycles. The molecule has 1 aromatic rings. The van der Waals surface area contributed by atoms with E-state index < -0.39 is 0 Å². The van der Waals surface area contributed by atoms with Gasteiger partial charge in [-0.2, -0.15) is 0 Å². The maximum Gasteiger partial charge on any atom is 0.264 e. The molecule has 1 aliphatic rings. The van der Waals surface area contributed by atoms with Gasteiger partial charge in [0.25, 0.3) is 5.91 Å². The molecule has 1 aliphatic heterocycles. The summed E-state index contributed by atoms with van der Waals surface area (Å²) in [7, 11) is 5.63. The molecular weight excluding hydrogens is 270 g/mol. The summed E-state index contributed by atoms with van der Waals surface area (Å²) >= 11 is 0. The van der Waals surface area contributed by atoms with Gasteiger partial charge in [0.05, 0.1) is 12.1 Å². The Bertz CT molecular complexity index is 543. The quantitative estimate of drug-likeness (QED) is 0.845. The summed E-state index contributed by atoms with van der Waals surface area (Å²) in [6, 6.07) is 5.49. The van der Waals surface area contributed by atoms with Crippen molar-refractivity contribution < 1.29 is 14.3 Å². The molecule has 0 saturated carbocycles. The van der Waals surface area contributed by atoms with Gasteiger partial charge in [0, 0.05) is 20.1 Å². The Kier molecular flexibility index (Phi) is 4.80. The highest BCUT2D eigenvalue weighted by molar-refractivity contribution is 5.97. The molecule has 0 bridgehead atoms. The fourth-order valence-electron chi connectivity index (χ4n) is 2.09. The van der Waals surface area contributed by atoms with E-state index >= 15 is 0 Å². The zero-order valence-corrected chi connectivity index (χ0v) is 12.7. The smallest absolute Gasteiger partial charge is 0.264 e. The molecule has 2 amide bonds. The van der Waals surface area contributed by atoms with Crippen molar-refractivity contribution >= 4 is 17.5 Å². The third-order valence-electron chi connectivity index (χ3n) is 3.36. The minimum atomic E-state index is -0.0879. The Morgan fingerprint density at radius 3 is 2.90 bits per heavy atom. The first-order chi connectivity index (χ1) is 9.97. The highest BCUT2D eigenvalue weighted by Gasteiger charge is 2.22. The summed E-state index contributed by atoms with van der Waals surface area (Å²) in [4.78, 5) is 27.1. The van der Waals surface area contributed by atoms with Crippen molar-refractivity contribution in [1.82, 2.24) is 10.2 Å². The Morgan fingerprint density at radius 1 is 1.43 bits per heavy atom. The summed E-state index contributed by atoms with van der Waals surface area (Å²) in [6.45, 7) is 1.49. The van der Waals surface area contributed by atoms with Crippen LogP contribution in [-0.2, 0) is 16.0 Å². The fraction of sp³-hybridized carbons (Fsp3) is 0.467. The third kappa shape index (κ3) is 3.95. The van der Waals surface area contributed by atoms with Gasteiger partial charge in [-0.3, -0.25) is 9.59 Å². The van der Waals surface area contributed by atoms with Crippen LogP contribution in [0.5, 0.6) is 5.75 Å². The van der Waals surface area contributed by atoms with Crippen LogP contribution in [0, 0.1) is 0 Å². The maximum atomic E-state index is 11.9. The predicted molar refractivity (Wildman–Crippen MR) is 80.6 cm³/mol. The molecule has 0 radical (unpaired) electrons. The molecular formula is C15H21N3O3. The van der Waals surface area contributed by atoms with E-state index in [1.807, 2.05) is 31.1 Å².